The summed E-state index contributed by atoms with van der Waals surface area (Å²) in [5, 5.41) is 12.4. The maximum absolute atomic E-state index is 13.2. The van der Waals surface area contributed by atoms with Crippen molar-refractivity contribution in [1.29, 1.82) is 5.26 Å². The minimum Gasteiger partial charge on any atom is -0.301 e. The van der Waals surface area contributed by atoms with E-state index < -0.39 is 17.0 Å². The first kappa shape index (κ1) is 16.5. The maximum Gasteiger partial charge on any atom is 0.246 e. The predicted molar refractivity (Wildman–Crippen MR) is 86.4 cm³/mol. The number of hydrogen-bond donors (Lipinski definition) is 1. The van der Waals surface area contributed by atoms with E-state index in [4.69, 9.17) is 0 Å². The number of nitriles is 1. The number of halogens is 2. The number of aromatic nitrogens is 1. The number of amides is 1. The Kier molecular flexibility index (Phi) is 4.58. The van der Waals surface area contributed by atoms with Crippen molar-refractivity contribution in [1.82, 2.24) is 4.98 Å². The molecule has 1 saturated carbocycles. The molecule has 1 aliphatic rings. The first-order valence-corrected chi connectivity index (χ1v) is 8.45. The van der Waals surface area contributed by atoms with Crippen LogP contribution in [0.25, 0.3) is 0 Å². The normalized spacial score (nSPS) is 15.9. The molecule has 1 aliphatic carbocycles. The molecule has 0 aliphatic heterocycles. The van der Waals surface area contributed by atoms with E-state index in [1.807, 2.05) is 0 Å². The van der Waals surface area contributed by atoms with Crippen molar-refractivity contribution in [2.75, 3.05) is 5.32 Å². The summed E-state index contributed by atoms with van der Waals surface area (Å²) in [5.41, 5.74) is -0.328. The van der Waals surface area contributed by atoms with Crippen LogP contribution in [0, 0.1) is 28.4 Å². The third-order valence-electron chi connectivity index (χ3n) is 4.24. The smallest absolute Gasteiger partial charge is 0.246 e. The number of rotatable bonds is 4. The number of nitrogens with one attached hydrogen (secondary N) is 1. The summed E-state index contributed by atoms with van der Waals surface area (Å²) in [6.07, 6.45) is 4.88. The van der Waals surface area contributed by atoms with Gasteiger partial charge in [-0.15, -0.1) is 11.3 Å². The highest BCUT2D eigenvalue weighted by Gasteiger charge is 2.41. The molecular formula is C17H15F2N3OS. The molecule has 1 heterocycles. The van der Waals surface area contributed by atoms with Gasteiger partial charge in [-0.25, -0.2) is 13.8 Å². The Morgan fingerprint density at radius 3 is 2.75 bits per heavy atom. The summed E-state index contributed by atoms with van der Waals surface area (Å²) < 4.78 is 26.2. The minimum atomic E-state index is -0.952. The van der Waals surface area contributed by atoms with Crippen LogP contribution in [0.3, 0.4) is 0 Å². The van der Waals surface area contributed by atoms with Crippen molar-refractivity contribution in [2.45, 2.75) is 32.1 Å². The molecule has 3 rings (SSSR count). The fourth-order valence-corrected chi connectivity index (χ4v) is 3.72. The summed E-state index contributed by atoms with van der Waals surface area (Å²) >= 11 is 1.27. The fourth-order valence-electron chi connectivity index (χ4n) is 2.88. The number of carbonyl (C=O) groups is 1. The van der Waals surface area contributed by atoms with Gasteiger partial charge >= 0.3 is 0 Å². The van der Waals surface area contributed by atoms with Gasteiger partial charge in [0.25, 0.3) is 0 Å². The van der Waals surface area contributed by atoms with Crippen molar-refractivity contribution in [3.8, 4) is 6.07 Å². The first-order valence-electron chi connectivity index (χ1n) is 7.64. The van der Waals surface area contributed by atoms with Gasteiger partial charge in [-0.05, 0) is 30.5 Å². The van der Waals surface area contributed by atoms with Gasteiger partial charge in [0.15, 0.2) is 16.8 Å². The van der Waals surface area contributed by atoms with Crippen LogP contribution in [-0.2, 0) is 11.2 Å². The van der Waals surface area contributed by atoms with Crippen LogP contribution in [0.5, 0.6) is 0 Å². The quantitative estimate of drug-likeness (QED) is 0.908. The van der Waals surface area contributed by atoms with E-state index in [1.165, 1.54) is 17.4 Å². The Balaban J connectivity index is 1.68. The van der Waals surface area contributed by atoms with E-state index in [0.29, 0.717) is 30.0 Å². The van der Waals surface area contributed by atoms with Crippen molar-refractivity contribution in [2.24, 2.45) is 5.41 Å². The van der Waals surface area contributed by atoms with Crippen molar-refractivity contribution in [3.05, 3.63) is 46.5 Å². The summed E-state index contributed by atoms with van der Waals surface area (Å²) in [6, 6.07) is 5.89. The predicted octanol–water partition coefficient (Wildman–Crippen LogP) is 4.03. The van der Waals surface area contributed by atoms with Crippen LogP contribution in [-0.4, -0.2) is 10.9 Å². The van der Waals surface area contributed by atoms with Gasteiger partial charge in [-0.3, -0.25) is 4.79 Å². The average Bonchev–Trinajstić information content (AvgIpc) is 3.21. The van der Waals surface area contributed by atoms with Crippen LogP contribution in [0.15, 0.2) is 24.4 Å². The average molecular weight is 347 g/mol. The lowest BCUT2D eigenvalue weighted by Crippen LogP contribution is -2.32. The minimum absolute atomic E-state index is 0.309. The zero-order chi connectivity index (χ0) is 17.2. The van der Waals surface area contributed by atoms with E-state index in [-0.39, 0.29) is 5.91 Å². The largest absolute Gasteiger partial charge is 0.301 e. The molecule has 0 atom stereocenters. The highest BCUT2D eigenvalue weighted by molar-refractivity contribution is 7.15. The molecule has 24 heavy (non-hydrogen) atoms. The van der Waals surface area contributed by atoms with Gasteiger partial charge in [0.1, 0.15) is 5.41 Å². The van der Waals surface area contributed by atoms with E-state index in [9.17, 15) is 18.8 Å². The van der Waals surface area contributed by atoms with E-state index >= 15 is 0 Å². The van der Waals surface area contributed by atoms with Crippen LogP contribution in [0.1, 0.15) is 36.1 Å². The van der Waals surface area contributed by atoms with Crippen LogP contribution < -0.4 is 5.32 Å². The number of nitrogens with zero attached hydrogens (tertiary/aromatic N) is 2. The zero-order valence-corrected chi connectivity index (χ0v) is 13.6. The van der Waals surface area contributed by atoms with Gasteiger partial charge in [-0.2, -0.15) is 5.26 Å². The lowest BCUT2D eigenvalue weighted by atomic mass is 9.87. The van der Waals surface area contributed by atoms with Gasteiger partial charge in [0, 0.05) is 17.5 Å². The molecule has 1 N–H and O–H groups in total. The molecule has 2 aromatic rings. The standard InChI is InChI=1S/C17H15F2N3OS/c18-13-4-3-11(8-14(13)19)7-12-9-21-16(24-12)22-15(23)17(10-20)5-1-2-6-17/h3-4,8-9H,1-2,5-7H2,(H,21,22,23). The topological polar surface area (TPSA) is 65.8 Å². The lowest BCUT2D eigenvalue weighted by molar-refractivity contribution is -0.122. The first-order chi connectivity index (χ1) is 11.5. The van der Waals surface area contributed by atoms with Gasteiger partial charge < -0.3 is 5.32 Å². The molecule has 4 nitrogen and oxygen atoms in total. The van der Waals surface area contributed by atoms with E-state index in [1.54, 1.807) is 6.20 Å². The van der Waals surface area contributed by atoms with Crippen molar-refractivity contribution < 1.29 is 13.6 Å². The molecule has 0 spiro atoms. The SMILES string of the molecule is N#CC1(C(=O)Nc2ncc(Cc3ccc(F)c(F)c3)s2)CCCC1. The molecule has 1 aromatic carbocycles. The number of thiazole rings is 1. The molecule has 0 saturated heterocycles. The van der Waals surface area contributed by atoms with E-state index in [2.05, 4.69) is 16.4 Å². The molecular weight excluding hydrogens is 332 g/mol. The third kappa shape index (κ3) is 3.29. The maximum atomic E-state index is 13.2. The second kappa shape index (κ2) is 6.65. The Bertz CT molecular complexity index is 806. The number of anilines is 1. The molecule has 1 aromatic heterocycles. The Morgan fingerprint density at radius 1 is 1.33 bits per heavy atom. The lowest BCUT2D eigenvalue weighted by Gasteiger charge is -2.17. The number of carbonyl (C=O) groups excluding carboxylic acids is 1. The van der Waals surface area contributed by atoms with E-state index in [0.717, 1.165) is 29.9 Å². The molecule has 1 fully saturated rings. The zero-order valence-electron chi connectivity index (χ0n) is 12.8. The number of hydrogen-bond acceptors (Lipinski definition) is 4. The Hall–Kier alpha value is -2.33. The second-order valence-corrected chi connectivity index (χ2v) is 7.03. The monoisotopic (exact) mass is 347 g/mol. The molecule has 0 bridgehead atoms. The summed E-state index contributed by atoms with van der Waals surface area (Å²) in [7, 11) is 0. The van der Waals surface area contributed by atoms with Gasteiger partial charge in [0.2, 0.25) is 5.91 Å². The van der Waals surface area contributed by atoms with Crippen molar-refractivity contribution >= 4 is 22.4 Å². The number of benzene rings is 1. The van der Waals surface area contributed by atoms with Crippen LogP contribution >= 0.6 is 11.3 Å². The molecule has 0 unspecified atom stereocenters. The molecule has 7 heteroatoms. The third-order valence-corrected chi connectivity index (χ3v) is 5.15. The molecule has 124 valence electrons. The highest BCUT2D eigenvalue weighted by Crippen LogP contribution is 2.38. The van der Waals surface area contributed by atoms with Gasteiger partial charge in [-0.1, -0.05) is 18.9 Å². The van der Waals surface area contributed by atoms with Gasteiger partial charge in [0.05, 0.1) is 6.07 Å². The van der Waals surface area contributed by atoms with Crippen molar-refractivity contribution in [3.63, 3.8) is 0 Å². The summed E-state index contributed by atoms with van der Waals surface area (Å²) in [4.78, 5) is 17.3. The van der Waals surface area contributed by atoms with Crippen LogP contribution in [0.2, 0.25) is 0 Å². The summed E-state index contributed by atoms with van der Waals surface area (Å²) in [5.74, 6) is -2.08. The summed E-state index contributed by atoms with van der Waals surface area (Å²) in [6.45, 7) is 0. The highest BCUT2D eigenvalue weighted by atomic mass is 32.1. The Labute approximate surface area is 142 Å². The fraction of sp³-hybridized carbons (Fsp3) is 0.353. The van der Waals surface area contributed by atoms with Crippen LogP contribution in [0.4, 0.5) is 13.9 Å². The molecule has 1 amide bonds. The second-order valence-electron chi connectivity index (χ2n) is 5.91. The molecule has 0 radical (unpaired) electrons. The Morgan fingerprint density at radius 2 is 2.08 bits per heavy atom.